The van der Waals surface area contributed by atoms with Crippen molar-refractivity contribution in [3.05, 3.63) is 332 Å². The number of benzene rings is 8. The molecule has 9 atom stereocenters. The van der Waals surface area contributed by atoms with Gasteiger partial charge in [0, 0.05) is 115 Å². The van der Waals surface area contributed by atoms with Gasteiger partial charge in [-0.15, -0.1) is 0 Å². The molecule has 1 unspecified atom stereocenters. The summed E-state index contributed by atoms with van der Waals surface area (Å²) in [6, 6.07) is 54.6. The van der Waals surface area contributed by atoms with Gasteiger partial charge in [0.25, 0.3) is 23.6 Å². The molecular formula is C98H95ClF4N16O13. The number of methoxy groups -OCH3 is 1. The van der Waals surface area contributed by atoms with E-state index in [2.05, 4.69) is 62.5 Å². The van der Waals surface area contributed by atoms with E-state index in [4.69, 9.17) is 39.3 Å². The molecule has 34 heteroatoms. The van der Waals surface area contributed by atoms with Gasteiger partial charge in [-0.3, -0.25) is 38.4 Å². The number of nitrogens with one attached hydrogen (secondary N) is 8. The third kappa shape index (κ3) is 23.4. The number of rotatable bonds is 25. The first-order valence-corrected chi connectivity index (χ1v) is 42.5. The van der Waals surface area contributed by atoms with Crippen molar-refractivity contribution >= 4 is 82.2 Å². The number of carbonyl (C=O) groups is 8. The van der Waals surface area contributed by atoms with Crippen LogP contribution in [0.1, 0.15) is 159 Å². The van der Waals surface area contributed by atoms with Gasteiger partial charge < -0.3 is 90.6 Å². The predicted octanol–water partition coefficient (Wildman–Crippen LogP) is 10.8. The highest BCUT2D eigenvalue weighted by molar-refractivity contribution is 6.30. The maximum atomic E-state index is 15.1. The van der Waals surface area contributed by atoms with Gasteiger partial charge in [0.2, 0.25) is 17.7 Å². The monoisotopic (exact) mass is 1810 g/mol. The summed E-state index contributed by atoms with van der Waals surface area (Å²) >= 11 is 6.00. The average Bonchev–Trinajstić information content (AvgIpc) is 1.63. The Bertz CT molecular complexity index is 5800. The minimum absolute atomic E-state index is 0.0118. The van der Waals surface area contributed by atoms with Crippen LogP contribution in [0.2, 0.25) is 5.02 Å². The Labute approximate surface area is 760 Å². The molecule has 4 aliphatic rings. The maximum absolute atomic E-state index is 15.1. The molecule has 0 saturated carbocycles. The van der Waals surface area contributed by atoms with Crippen molar-refractivity contribution in [2.45, 2.75) is 79.6 Å². The van der Waals surface area contributed by atoms with Gasteiger partial charge in [-0.1, -0.05) is 139 Å². The van der Waals surface area contributed by atoms with Crippen molar-refractivity contribution in [2.24, 2.45) is 0 Å². The average molecular weight is 1820 g/mol. The van der Waals surface area contributed by atoms with Crippen LogP contribution in [0.4, 0.5) is 40.8 Å². The quantitative estimate of drug-likeness (QED) is 0.0187. The molecule has 20 N–H and O–H groups in total. The van der Waals surface area contributed by atoms with Crippen molar-refractivity contribution in [3.63, 3.8) is 0 Å². The summed E-state index contributed by atoms with van der Waals surface area (Å²) in [6.45, 7) is 0.792. The third-order valence-corrected chi connectivity index (χ3v) is 23.3. The number of esters is 1. The number of hydrogen-bond donors (Lipinski definition) is 16. The SMILES string of the molecule is COC(=O)[C@@H]1C[C@H](c2cnc(N)c(-c3ccc(C(=O)N[C@H](CO)c4cccc(Cl)c4)c(F)c3)c2)CN1.Nc1ncc(C2CNC(=O)C2)cc1-c1ccc(C(=O)N[C@H](CO)c2ccccc2)c(F)c1.Nc1ncc([C@@H]2CNC(=O)C2)cc1-c1ccc(C(=O)N[C@H](CO)c2ccccc2)c(F)c1.Nc1ncc([C@H]2CNC(=O)C2)cc1-c1ccc(C(=O)N[C@H](CO)c2ccccc2)c(F)c1. The lowest BCUT2D eigenvalue weighted by molar-refractivity contribution is -0.142. The molecule has 132 heavy (non-hydrogen) atoms. The van der Waals surface area contributed by atoms with E-state index in [0.717, 1.165) is 38.9 Å². The fraction of sp³-hybridized carbons (Fsp3) is 0.224. The van der Waals surface area contributed by atoms with Crippen molar-refractivity contribution in [2.75, 3.05) is 82.7 Å². The minimum Gasteiger partial charge on any atom is -0.468 e. The second-order valence-corrected chi connectivity index (χ2v) is 32.2. The number of nitrogen functional groups attached to an aromatic ring is 4. The molecule has 0 radical (unpaired) electrons. The van der Waals surface area contributed by atoms with Crippen LogP contribution in [0.25, 0.3) is 44.5 Å². The summed E-state index contributed by atoms with van der Waals surface area (Å²) in [5.41, 5.74) is 33.7. The zero-order valence-electron chi connectivity index (χ0n) is 71.1. The molecule has 4 aromatic heterocycles. The molecule has 12 aromatic rings. The molecule has 8 aromatic carbocycles. The number of nitrogens with zero attached hydrogens (tertiary/aromatic N) is 4. The number of halogens is 5. The summed E-state index contributed by atoms with van der Waals surface area (Å²) in [6.07, 6.45) is 8.17. The van der Waals surface area contributed by atoms with Crippen molar-refractivity contribution in [1.29, 1.82) is 0 Å². The highest BCUT2D eigenvalue weighted by atomic mass is 35.5. The van der Waals surface area contributed by atoms with Gasteiger partial charge >= 0.3 is 5.97 Å². The summed E-state index contributed by atoms with van der Waals surface area (Å²) < 4.78 is 64.5. The van der Waals surface area contributed by atoms with Crippen LogP contribution in [0.5, 0.6) is 0 Å². The Morgan fingerprint density at radius 3 is 0.924 bits per heavy atom. The smallest absolute Gasteiger partial charge is 0.322 e. The van der Waals surface area contributed by atoms with E-state index in [1.807, 2.05) is 24.3 Å². The van der Waals surface area contributed by atoms with Crippen LogP contribution in [0.15, 0.2) is 237 Å². The molecule has 4 aliphatic heterocycles. The predicted molar refractivity (Wildman–Crippen MR) is 488 cm³/mol. The molecule has 29 nitrogen and oxygen atoms in total. The number of amides is 7. The summed E-state index contributed by atoms with van der Waals surface area (Å²) in [5, 5.41) is 61.2. The van der Waals surface area contributed by atoms with Crippen LogP contribution in [0, 0.1) is 23.3 Å². The zero-order chi connectivity index (χ0) is 93.8. The van der Waals surface area contributed by atoms with E-state index in [1.54, 1.807) is 164 Å². The second-order valence-electron chi connectivity index (χ2n) is 31.7. The van der Waals surface area contributed by atoms with E-state index in [9.17, 15) is 72.0 Å². The number of aromatic nitrogens is 4. The fourth-order valence-corrected chi connectivity index (χ4v) is 15.9. The molecule has 4 saturated heterocycles. The first-order chi connectivity index (χ1) is 63.7. The number of nitrogens with two attached hydrogens (primary N) is 4. The van der Waals surface area contributed by atoms with E-state index in [1.165, 1.54) is 55.6 Å². The zero-order valence-corrected chi connectivity index (χ0v) is 71.9. The Morgan fingerprint density at radius 1 is 0.386 bits per heavy atom. The van der Waals surface area contributed by atoms with E-state index in [-0.39, 0.29) is 119 Å². The van der Waals surface area contributed by atoms with Crippen molar-refractivity contribution < 1.29 is 81.1 Å². The summed E-state index contributed by atoms with van der Waals surface area (Å²) in [4.78, 5) is 114. The standard InChI is InChI=1S/C26H26ClFN4O4.3C24H23FN4O3/c1-36-26(35)22-10-17(11-30-22)16-8-20(24(29)31-12-16)14-5-6-19(21(28)9-14)25(34)32-23(13-33)15-3-2-4-18(27)7-15;3*25-20-9-15(19-8-16(12-28-23(19)26)17-10-22(31)27-11-17)6-7-18(20)24(32)29-21(13-30)14-4-2-1-3-5-14/h2-9,12,17,22-23,30,33H,10-11,13H2,1H3,(H2,29,31)(H,32,34);3*1-9,12,17,21,30H,10-11,13H2,(H2,26,28)(H,27,31)(H,29,32)/t17-,22-,23+;17?,21-;17-,21+;17-,21-/m0101/s1. The van der Waals surface area contributed by atoms with Crippen molar-refractivity contribution in [1.82, 2.24) is 62.5 Å². The van der Waals surface area contributed by atoms with Crippen LogP contribution in [-0.4, -0.2) is 153 Å². The normalized spacial score (nSPS) is 16.9. The molecule has 680 valence electrons. The van der Waals surface area contributed by atoms with Gasteiger partial charge in [-0.2, -0.15) is 0 Å². The topological polar surface area (TPSA) is 479 Å². The molecule has 8 heterocycles. The van der Waals surface area contributed by atoms with E-state index >= 15 is 4.39 Å². The van der Waals surface area contributed by atoms with Gasteiger partial charge in [0.1, 0.15) is 52.6 Å². The Morgan fingerprint density at radius 2 is 0.667 bits per heavy atom. The largest absolute Gasteiger partial charge is 0.468 e. The Kier molecular flexibility index (Phi) is 31.5. The van der Waals surface area contributed by atoms with E-state index < -0.39 is 77.1 Å². The van der Waals surface area contributed by atoms with Crippen molar-refractivity contribution in [3.8, 4) is 44.5 Å². The number of ether oxygens (including phenoxy) is 1. The maximum Gasteiger partial charge on any atom is 0.322 e. The summed E-state index contributed by atoms with van der Waals surface area (Å²) in [7, 11) is 1.35. The van der Waals surface area contributed by atoms with Gasteiger partial charge in [-0.25, -0.2) is 37.5 Å². The van der Waals surface area contributed by atoms with Crippen LogP contribution in [0.3, 0.4) is 0 Å². The number of aliphatic hydroxyl groups excluding tert-OH is 4. The van der Waals surface area contributed by atoms with Crippen LogP contribution < -0.4 is 65.5 Å². The van der Waals surface area contributed by atoms with Gasteiger partial charge in [0.15, 0.2) is 0 Å². The number of hydrogen-bond acceptors (Lipinski definition) is 22. The molecule has 16 rings (SSSR count). The fourth-order valence-electron chi connectivity index (χ4n) is 15.7. The van der Waals surface area contributed by atoms with Crippen LogP contribution in [-0.2, 0) is 23.9 Å². The lowest BCUT2D eigenvalue weighted by atomic mass is 9.94. The lowest BCUT2D eigenvalue weighted by Gasteiger charge is -2.18. The second kappa shape index (κ2) is 44.0. The number of carbonyl (C=O) groups excluding carboxylic acids is 8. The molecule has 4 fully saturated rings. The summed E-state index contributed by atoms with van der Waals surface area (Å²) in [5.74, 6) is -4.99. The minimum atomic E-state index is -0.749. The number of aliphatic hydroxyl groups is 4. The van der Waals surface area contributed by atoms with E-state index in [0.29, 0.717) is 107 Å². The van der Waals surface area contributed by atoms with Gasteiger partial charge in [0.05, 0.1) is 80.0 Å². The number of pyridine rings is 4. The number of anilines is 4. The Balaban J connectivity index is 0.000000150. The molecule has 0 bridgehead atoms. The molecule has 0 spiro atoms. The molecule has 7 amide bonds. The first kappa shape index (κ1) is 94.7. The third-order valence-electron chi connectivity index (χ3n) is 23.1. The van der Waals surface area contributed by atoms with Gasteiger partial charge in [-0.05, 0) is 164 Å². The Hall–Kier alpha value is -14.9. The van der Waals surface area contributed by atoms with Crippen LogP contribution >= 0.6 is 11.6 Å². The lowest BCUT2D eigenvalue weighted by Crippen LogP contribution is -2.31. The molecular weight excluding hydrogens is 1720 g/mol. The first-order valence-electron chi connectivity index (χ1n) is 42.1. The molecule has 0 aliphatic carbocycles. The highest BCUT2D eigenvalue weighted by Crippen LogP contribution is 2.38. The highest BCUT2D eigenvalue weighted by Gasteiger charge is 2.34.